The number of rotatable bonds is 16. The van der Waals surface area contributed by atoms with Crippen molar-refractivity contribution in [2.45, 2.75) is 49.1 Å². The van der Waals surface area contributed by atoms with E-state index in [0.717, 1.165) is 64.1 Å². The predicted molar refractivity (Wildman–Crippen MR) is 319 cm³/mol. The minimum atomic E-state index is -5.19. The molecule has 0 bridgehead atoms. The Bertz CT molecular complexity index is 3790. The summed E-state index contributed by atoms with van der Waals surface area (Å²) in [6, 6.07) is 44.0. The Labute approximate surface area is 490 Å². The topological polar surface area (TPSA) is 316 Å². The Morgan fingerprint density at radius 2 is 0.847 bits per heavy atom. The number of hydrogen-bond acceptors (Lipinski definition) is 12. The molecule has 8 rings (SSSR count). The van der Waals surface area contributed by atoms with Crippen molar-refractivity contribution in [3.05, 3.63) is 190 Å². The quantitative estimate of drug-likeness (QED) is 0.0420. The number of nitrogens with two attached hydrogens (primary N) is 2. The molecule has 2 heterocycles. The number of nitrogens with one attached hydrogen (secondary N) is 4. The van der Waals surface area contributed by atoms with Gasteiger partial charge in [-0.3, -0.25) is 29.4 Å². The van der Waals surface area contributed by atoms with Crippen LogP contribution < -0.4 is 41.3 Å². The maximum atomic E-state index is 13.4. The molecule has 0 saturated heterocycles. The van der Waals surface area contributed by atoms with Crippen LogP contribution in [0.15, 0.2) is 155 Å². The second kappa shape index (κ2) is 27.0. The van der Waals surface area contributed by atoms with E-state index in [1.807, 2.05) is 94.1 Å². The van der Waals surface area contributed by atoms with Gasteiger partial charge in [-0.25, -0.2) is 16.8 Å². The van der Waals surface area contributed by atoms with Gasteiger partial charge in [0.2, 0.25) is 0 Å². The van der Waals surface area contributed by atoms with Gasteiger partial charge in [-0.15, -0.1) is 0 Å². The lowest BCUT2D eigenvalue weighted by atomic mass is 10.1. The van der Waals surface area contributed by atoms with Crippen LogP contribution in [0, 0.1) is 10.8 Å². The molecule has 20 nitrogen and oxygen atoms in total. The molecule has 0 fully saturated rings. The summed E-state index contributed by atoms with van der Waals surface area (Å²) in [6.07, 6.45) is -2.87. The minimum absolute atomic E-state index is 0.0359. The monoisotopic (exact) mass is 1210 g/mol. The van der Waals surface area contributed by atoms with Gasteiger partial charge < -0.3 is 51.0 Å². The smallest absolute Gasteiger partial charge is 0.430 e. The number of halogens is 3. The van der Waals surface area contributed by atoms with Gasteiger partial charge in [0, 0.05) is 77.6 Å². The van der Waals surface area contributed by atoms with E-state index in [-0.39, 0.29) is 33.3 Å². The van der Waals surface area contributed by atoms with Crippen molar-refractivity contribution < 1.29 is 59.4 Å². The molecule has 0 aliphatic rings. The third-order valence-corrected chi connectivity index (χ3v) is 15.0. The van der Waals surface area contributed by atoms with Crippen molar-refractivity contribution in [2.24, 2.45) is 11.5 Å². The summed E-state index contributed by atoms with van der Waals surface area (Å²) >= 11 is 0. The number of carbonyl (C=O) groups excluding carboxylic acids is 4. The molecule has 450 valence electrons. The molecule has 2 amide bonds. The molecule has 2 aromatic heterocycles. The number of quaternary nitrogens is 2. The number of nitrogen functional groups attached to an aromatic ring is 2. The van der Waals surface area contributed by atoms with Gasteiger partial charge in [-0.2, -0.15) is 13.2 Å². The number of carbonyl (C=O) groups is 4. The average molecular weight is 1210 g/mol. The molecule has 8 aromatic rings. The van der Waals surface area contributed by atoms with Crippen molar-refractivity contribution in [3.8, 4) is 0 Å². The molecule has 0 aliphatic carbocycles. The first-order chi connectivity index (χ1) is 39.3. The Morgan fingerprint density at radius 1 is 0.529 bits per heavy atom. The van der Waals surface area contributed by atoms with Crippen molar-refractivity contribution in [3.63, 3.8) is 0 Å². The van der Waals surface area contributed by atoms with E-state index in [1.54, 1.807) is 60.7 Å². The summed E-state index contributed by atoms with van der Waals surface area (Å²) < 4.78 is 85.1. The van der Waals surface area contributed by atoms with E-state index >= 15 is 0 Å². The summed E-state index contributed by atoms with van der Waals surface area (Å²) in [5, 5.41) is 40.5. The lowest BCUT2D eigenvalue weighted by Crippen LogP contribution is -2.37. The standard InChI is InChI=1S/2C28H31N5O3S.C2HF3O2.C2H4O2/c2*1-33(2,3)23-10-8-19(9-11-23)17-31-28(34)26-16-22-15-24(37(4,35)36)12-13-25(22)32(26)18-20-6-5-7-21(14-20)27(29)30;3-2(4,5)1(6)7;1-2(3)4/h2*5-16H,17-18H2,1-4H3,(H3-,29,30,31,34);(H,6,7);1H3,(H,3,4). The van der Waals surface area contributed by atoms with Gasteiger partial charge in [0.15, 0.2) is 19.7 Å². The maximum Gasteiger partial charge on any atom is 0.430 e. The molecule has 0 aliphatic heterocycles. The second-order valence-electron chi connectivity index (χ2n) is 21.4. The first kappa shape index (κ1) is 66.6. The van der Waals surface area contributed by atoms with Crippen LogP contribution in [0.1, 0.15) is 61.3 Å². The van der Waals surface area contributed by atoms with E-state index in [4.69, 9.17) is 42.1 Å². The van der Waals surface area contributed by atoms with Gasteiger partial charge in [0.05, 0.1) is 52.1 Å². The van der Waals surface area contributed by atoms with Crippen LogP contribution in [0.5, 0.6) is 0 Å². The van der Waals surface area contributed by atoms with Crippen LogP contribution >= 0.6 is 0 Å². The summed E-state index contributed by atoms with van der Waals surface area (Å²) in [6.45, 7) is 2.38. The molecule has 0 radical (unpaired) electrons. The van der Waals surface area contributed by atoms with E-state index in [1.165, 1.54) is 0 Å². The van der Waals surface area contributed by atoms with Crippen molar-refractivity contribution >= 4 is 88.3 Å². The van der Waals surface area contributed by atoms with Crippen LogP contribution in [-0.4, -0.2) is 122 Å². The van der Waals surface area contributed by atoms with Crippen molar-refractivity contribution in [1.82, 2.24) is 28.7 Å². The van der Waals surface area contributed by atoms with Gasteiger partial charge in [0.25, 0.3) is 11.8 Å². The Balaban J connectivity index is 0.000000264. The van der Waals surface area contributed by atoms with E-state index < -0.39 is 37.8 Å². The van der Waals surface area contributed by atoms with Gasteiger partial charge in [-0.05, 0) is 114 Å². The molecular weight excluding hydrogens is 1140 g/mol. The third-order valence-electron chi connectivity index (χ3n) is 12.8. The van der Waals surface area contributed by atoms with Crippen LogP contribution in [0.4, 0.5) is 24.5 Å². The highest BCUT2D eigenvalue weighted by atomic mass is 32.2. The van der Waals surface area contributed by atoms with Crippen molar-refractivity contribution in [1.29, 1.82) is 10.8 Å². The molecule has 0 spiro atoms. The second-order valence-corrected chi connectivity index (χ2v) is 25.5. The van der Waals surface area contributed by atoms with E-state index in [0.29, 0.717) is 68.4 Å². The highest BCUT2D eigenvalue weighted by Gasteiger charge is 2.29. The number of fused-ring (bicyclic) bond motifs is 2. The highest BCUT2D eigenvalue weighted by molar-refractivity contribution is 7.91. The summed E-state index contributed by atoms with van der Waals surface area (Å²) in [7, 11) is 5.76. The molecule has 8 N–H and O–H groups in total. The molecule has 0 unspecified atom stereocenters. The van der Waals surface area contributed by atoms with E-state index in [9.17, 15) is 39.6 Å². The maximum absolute atomic E-state index is 13.4. The number of aromatic nitrogens is 2. The number of amides is 2. The van der Waals surface area contributed by atoms with Crippen LogP contribution in [0.3, 0.4) is 0 Å². The van der Waals surface area contributed by atoms with Crippen molar-refractivity contribution in [2.75, 3.05) is 54.8 Å². The number of sulfone groups is 2. The number of carboxylic acids is 2. The van der Waals surface area contributed by atoms with Crippen LogP contribution in [0.25, 0.3) is 21.8 Å². The first-order valence-electron chi connectivity index (χ1n) is 25.7. The fourth-order valence-corrected chi connectivity index (χ4v) is 9.70. The zero-order valence-electron chi connectivity index (χ0n) is 48.2. The summed E-state index contributed by atoms with van der Waals surface area (Å²) in [4.78, 5) is 44.8. The largest absolute Gasteiger partial charge is 0.550 e. The number of amidine groups is 2. The predicted octanol–water partition coefficient (Wildman–Crippen LogP) is 5.06. The van der Waals surface area contributed by atoms with Crippen LogP contribution in [0.2, 0.25) is 0 Å². The highest BCUT2D eigenvalue weighted by Crippen LogP contribution is 2.28. The molecular formula is C60H67F3N10O10S2. The zero-order chi connectivity index (χ0) is 63.6. The summed E-state index contributed by atoms with van der Waals surface area (Å²) in [5.41, 5.74) is 20.8. The van der Waals surface area contributed by atoms with Gasteiger partial charge in [-0.1, -0.05) is 60.7 Å². The van der Waals surface area contributed by atoms with E-state index in [2.05, 4.69) is 52.9 Å². The number of hydrogen-bond donors (Lipinski definition) is 6. The fraction of sp³-hybridized carbons (Fsp3) is 0.233. The third kappa shape index (κ3) is 18.9. The Hall–Kier alpha value is -9.17. The Morgan fingerprint density at radius 3 is 1.12 bits per heavy atom. The number of benzene rings is 6. The molecule has 85 heavy (non-hydrogen) atoms. The molecule has 0 atom stereocenters. The number of alkyl halides is 3. The number of carboxylic acid groups (broad SMARTS) is 2. The SMILES string of the molecule is CC(=O)[O-].C[N+](C)(C)c1ccc(CNC(=O)c2cc3cc(S(C)(=O)=O)ccc3n2Cc2cccc(C(=N)N)c2)cc1.C[N+](C)(C)c1ccc(CNC(=O)c2cc3cc(S(C)(=O)=O)ccc3n2Cc2cccc(C(=N)N)c2)cc1.O=C([O-])C(F)(F)F. The fourth-order valence-electron chi connectivity index (χ4n) is 8.38. The van der Waals surface area contributed by atoms with Gasteiger partial charge >= 0.3 is 6.18 Å². The van der Waals surface area contributed by atoms with Crippen LogP contribution in [-0.2, 0) is 55.4 Å². The Kier molecular flexibility index (Phi) is 21.2. The first-order valence-corrected chi connectivity index (χ1v) is 29.5. The normalized spacial score (nSPS) is 11.7. The zero-order valence-corrected chi connectivity index (χ0v) is 49.8. The average Bonchev–Trinajstić information content (AvgIpc) is 1.87. The number of aliphatic carboxylic acids is 2. The lowest BCUT2D eigenvalue weighted by molar-refractivity contribution is -0.344. The summed E-state index contributed by atoms with van der Waals surface area (Å²) in [5.74, 6) is -4.70. The molecule has 6 aromatic carbocycles. The molecule has 25 heteroatoms. The molecule has 0 saturated carbocycles. The number of nitrogens with zero attached hydrogens (tertiary/aromatic N) is 4. The lowest BCUT2D eigenvalue weighted by Gasteiger charge is -2.23. The minimum Gasteiger partial charge on any atom is -0.550 e. The van der Waals surface area contributed by atoms with Gasteiger partial charge in [0.1, 0.15) is 40.4 Å².